The number of ether oxygens (including phenoxy) is 3. The molecule has 1 aromatic rings. The molecule has 0 unspecified atom stereocenters. The van der Waals surface area contributed by atoms with Crippen LogP contribution < -0.4 is 10.1 Å². The lowest BCUT2D eigenvalue weighted by atomic mass is 9.93. The molecule has 164 valence electrons. The number of esters is 2. The molecule has 0 aliphatic carbocycles. The van der Waals surface area contributed by atoms with Gasteiger partial charge in [0.1, 0.15) is 12.4 Å². The van der Waals surface area contributed by atoms with Crippen molar-refractivity contribution >= 4 is 23.7 Å². The second kappa shape index (κ2) is 10.1. The van der Waals surface area contributed by atoms with Crippen LogP contribution in [0.15, 0.2) is 11.6 Å². The van der Waals surface area contributed by atoms with Crippen molar-refractivity contribution in [3.63, 3.8) is 0 Å². The second-order valence-electron chi connectivity index (χ2n) is 7.33. The largest absolute Gasteiger partial charge is 0.496 e. The summed E-state index contributed by atoms with van der Waals surface area (Å²) >= 11 is 0. The Labute approximate surface area is 177 Å². The van der Waals surface area contributed by atoms with Gasteiger partial charge in [-0.25, -0.2) is 9.59 Å². The van der Waals surface area contributed by atoms with Crippen LogP contribution >= 0.6 is 0 Å². The predicted octanol–water partition coefficient (Wildman–Crippen LogP) is 3.60. The van der Waals surface area contributed by atoms with Gasteiger partial charge in [-0.2, -0.15) is 0 Å². The molecule has 0 fully saturated rings. The van der Waals surface area contributed by atoms with Gasteiger partial charge in [0.25, 0.3) is 0 Å². The molecule has 2 rings (SSSR count). The first-order valence-electron chi connectivity index (χ1n) is 9.90. The van der Waals surface area contributed by atoms with Crippen molar-refractivity contribution in [2.45, 2.75) is 46.6 Å². The Kier molecular flexibility index (Phi) is 7.86. The summed E-state index contributed by atoms with van der Waals surface area (Å²) in [4.78, 5) is 37.8. The summed E-state index contributed by atoms with van der Waals surface area (Å²) in [5.74, 6) is -0.0949. The van der Waals surface area contributed by atoms with Crippen molar-refractivity contribution in [3.8, 4) is 5.75 Å². The van der Waals surface area contributed by atoms with Crippen LogP contribution in [0.4, 0.5) is 10.5 Å². The lowest BCUT2D eigenvalue weighted by molar-refractivity contribution is -0.143. The highest BCUT2D eigenvalue weighted by atomic mass is 16.5. The molecule has 1 aliphatic heterocycles. The van der Waals surface area contributed by atoms with Crippen LogP contribution in [0.5, 0.6) is 5.75 Å². The van der Waals surface area contributed by atoms with E-state index in [-0.39, 0.29) is 18.6 Å². The Morgan fingerprint density at radius 1 is 1.27 bits per heavy atom. The van der Waals surface area contributed by atoms with E-state index in [1.165, 1.54) is 4.90 Å². The first-order chi connectivity index (χ1) is 14.2. The van der Waals surface area contributed by atoms with Crippen molar-refractivity contribution in [2.75, 3.05) is 33.1 Å². The minimum absolute atomic E-state index is 0.149. The molecule has 8 heteroatoms. The van der Waals surface area contributed by atoms with Crippen molar-refractivity contribution in [2.24, 2.45) is 0 Å². The molecule has 0 spiro atoms. The average Bonchev–Trinajstić information content (AvgIpc) is 3.09. The van der Waals surface area contributed by atoms with Gasteiger partial charge in [-0.3, -0.25) is 4.79 Å². The number of amides is 2. The Morgan fingerprint density at radius 3 is 2.57 bits per heavy atom. The Bertz CT molecular complexity index is 873. The van der Waals surface area contributed by atoms with Crippen LogP contribution in [0.2, 0.25) is 0 Å². The fraction of sp³-hybridized carbons (Fsp3) is 0.500. The number of benzene rings is 1. The van der Waals surface area contributed by atoms with E-state index in [4.69, 9.17) is 14.2 Å². The lowest BCUT2D eigenvalue weighted by Gasteiger charge is -2.21. The van der Waals surface area contributed by atoms with E-state index >= 15 is 0 Å². The number of anilines is 1. The van der Waals surface area contributed by atoms with E-state index in [1.807, 2.05) is 19.9 Å². The molecule has 0 radical (unpaired) electrons. The number of nitrogens with zero attached hydrogens (tertiary/aromatic N) is 1. The van der Waals surface area contributed by atoms with Gasteiger partial charge in [0, 0.05) is 31.6 Å². The molecular weight excluding hydrogens is 388 g/mol. The monoisotopic (exact) mass is 418 g/mol. The summed E-state index contributed by atoms with van der Waals surface area (Å²) in [6, 6.07) is -0.355. The smallest absolute Gasteiger partial charge is 0.341 e. The minimum Gasteiger partial charge on any atom is -0.496 e. The maximum Gasteiger partial charge on any atom is 0.341 e. The number of urea groups is 1. The fourth-order valence-electron chi connectivity index (χ4n) is 3.32. The molecule has 1 aromatic carbocycles. The molecule has 0 bridgehead atoms. The van der Waals surface area contributed by atoms with Crippen molar-refractivity contribution in [1.82, 2.24) is 4.90 Å². The zero-order valence-corrected chi connectivity index (χ0v) is 18.5. The standard InChI is InChI=1S/C22H30N2O6/c1-7-29-17(25)11-9-13(2)8-10-15-19(23-22(27)24(4)5)18-16(12-30-21(18)26)14(3)20(15)28-6/h8H,7,9-12H2,1-6H3,(H,23,27)/b13-8+. The van der Waals surface area contributed by atoms with Crippen LogP contribution in [0.1, 0.15) is 53.7 Å². The molecule has 8 nitrogen and oxygen atoms in total. The van der Waals surface area contributed by atoms with Crippen LogP contribution in [-0.4, -0.2) is 50.7 Å². The number of hydrogen-bond acceptors (Lipinski definition) is 6. The van der Waals surface area contributed by atoms with Gasteiger partial charge in [-0.15, -0.1) is 0 Å². The molecule has 0 aromatic heterocycles. The second-order valence-corrected chi connectivity index (χ2v) is 7.33. The third-order valence-corrected chi connectivity index (χ3v) is 5.00. The number of nitrogens with one attached hydrogen (secondary N) is 1. The first kappa shape index (κ1) is 23.3. The molecule has 0 saturated carbocycles. The summed E-state index contributed by atoms with van der Waals surface area (Å²) in [6.45, 7) is 6.09. The van der Waals surface area contributed by atoms with Gasteiger partial charge >= 0.3 is 18.0 Å². The van der Waals surface area contributed by atoms with Gasteiger partial charge in [0.15, 0.2) is 0 Å². The summed E-state index contributed by atoms with van der Waals surface area (Å²) < 4.78 is 15.8. The molecule has 0 saturated heterocycles. The fourth-order valence-corrected chi connectivity index (χ4v) is 3.32. The van der Waals surface area contributed by atoms with Crippen molar-refractivity contribution in [1.29, 1.82) is 0 Å². The van der Waals surface area contributed by atoms with E-state index in [9.17, 15) is 14.4 Å². The van der Waals surface area contributed by atoms with Crippen molar-refractivity contribution < 1.29 is 28.6 Å². The van der Waals surface area contributed by atoms with Gasteiger partial charge < -0.3 is 24.4 Å². The van der Waals surface area contributed by atoms with Crippen LogP contribution in [0, 0.1) is 6.92 Å². The lowest BCUT2D eigenvalue weighted by Crippen LogP contribution is -2.29. The van der Waals surface area contributed by atoms with Crippen LogP contribution in [0.25, 0.3) is 0 Å². The SMILES string of the molecule is CCOC(=O)CC/C(C)=C/Cc1c(NC(=O)N(C)C)c2c(c(C)c1OC)COC2=O. The topological polar surface area (TPSA) is 94.2 Å². The van der Waals surface area contributed by atoms with Gasteiger partial charge in [-0.1, -0.05) is 11.6 Å². The maximum atomic E-state index is 12.4. The molecule has 1 N–H and O–H groups in total. The zero-order valence-electron chi connectivity index (χ0n) is 18.5. The van der Waals surface area contributed by atoms with E-state index < -0.39 is 5.97 Å². The normalized spacial score (nSPS) is 12.9. The number of carbonyl (C=O) groups is 3. The summed E-state index contributed by atoms with van der Waals surface area (Å²) in [5.41, 5.74) is 4.00. The number of allylic oxidation sites excluding steroid dienone is 2. The Balaban J connectivity index is 2.44. The number of cyclic esters (lactones) is 1. The Hall–Kier alpha value is -3.03. The molecule has 30 heavy (non-hydrogen) atoms. The van der Waals surface area contributed by atoms with E-state index in [0.717, 1.165) is 16.7 Å². The van der Waals surface area contributed by atoms with E-state index in [0.29, 0.717) is 48.4 Å². The summed E-state index contributed by atoms with van der Waals surface area (Å²) in [5, 5.41) is 2.84. The van der Waals surface area contributed by atoms with Gasteiger partial charge in [0.2, 0.25) is 0 Å². The van der Waals surface area contributed by atoms with Crippen LogP contribution in [-0.2, 0) is 27.3 Å². The van der Waals surface area contributed by atoms with E-state index in [1.54, 1.807) is 28.1 Å². The summed E-state index contributed by atoms with van der Waals surface area (Å²) in [7, 11) is 4.81. The molecule has 0 atom stereocenters. The highest BCUT2D eigenvalue weighted by Gasteiger charge is 2.32. The molecule has 2 amide bonds. The molecule has 1 aliphatic rings. The maximum absolute atomic E-state index is 12.4. The third-order valence-electron chi connectivity index (χ3n) is 5.00. The molecule has 1 heterocycles. The van der Waals surface area contributed by atoms with E-state index in [2.05, 4.69) is 5.32 Å². The average molecular weight is 418 g/mol. The number of fused-ring (bicyclic) bond motifs is 1. The number of methoxy groups -OCH3 is 1. The van der Waals surface area contributed by atoms with Gasteiger partial charge in [-0.05, 0) is 39.2 Å². The summed E-state index contributed by atoms with van der Waals surface area (Å²) in [6.07, 6.45) is 3.25. The van der Waals surface area contributed by atoms with Gasteiger partial charge in [0.05, 0.1) is 25.0 Å². The molecular formula is C22H30N2O6. The highest BCUT2D eigenvalue weighted by molar-refractivity contribution is 6.05. The quantitative estimate of drug-likeness (QED) is 0.512. The third kappa shape index (κ3) is 5.11. The Morgan fingerprint density at radius 2 is 1.97 bits per heavy atom. The highest BCUT2D eigenvalue weighted by Crippen LogP contribution is 2.41. The number of rotatable bonds is 8. The number of hydrogen-bond donors (Lipinski definition) is 1. The first-order valence-corrected chi connectivity index (χ1v) is 9.90. The van der Waals surface area contributed by atoms with Crippen LogP contribution in [0.3, 0.4) is 0 Å². The minimum atomic E-state index is -0.464. The predicted molar refractivity (Wildman–Crippen MR) is 113 cm³/mol. The van der Waals surface area contributed by atoms with Crippen molar-refractivity contribution in [3.05, 3.63) is 33.9 Å². The number of carbonyl (C=O) groups excluding carboxylic acids is 3. The zero-order chi connectivity index (χ0) is 22.4.